The maximum Gasteiger partial charge on any atom is 0.270 e. The average molecular weight is 293 g/mol. The predicted molar refractivity (Wildman–Crippen MR) is 73.2 cm³/mol. The molecule has 1 heterocycles. The third-order valence-electron chi connectivity index (χ3n) is 3.64. The first-order chi connectivity index (χ1) is 8.61. The summed E-state index contributed by atoms with van der Waals surface area (Å²) in [5.74, 6) is 0.314. The van der Waals surface area contributed by atoms with Crippen molar-refractivity contribution in [1.29, 1.82) is 0 Å². The lowest BCUT2D eigenvalue weighted by Gasteiger charge is -2.42. The van der Waals surface area contributed by atoms with Crippen molar-refractivity contribution in [3.05, 3.63) is 0 Å². The standard InChI is InChI=1S/C12H24N2O4S/c1-11(2)10-12(15)13-4-6-14(3,7-5-13)8-9-19(16,17)18/h11H,4-10H2,1-3H3/p+1. The summed E-state index contributed by atoms with van der Waals surface area (Å²) in [4.78, 5) is 13.8. The minimum Gasteiger partial charge on any atom is -0.331 e. The first kappa shape index (κ1) is 16.4. The van der Waals surface area contributed by atoms with E-state index in [2.05, 4.69) is 0 Å². The van der Waals surface area contributed by atoms with Crippen molar-refractivity contribution in [3.63, 3.8) is 0 Å². The van der Waals surface area contributed by atoms with Gasteiger partial charge in [-0.05, 0) is 5.92 Å². The topological polar surface area (TPSA) is 74.7 Å². The number of carbonyl (C=O) groups is 1. The third kappa shape index (κ3) is 5.88. The van der Waals surface area contributed by atoms with E-state index in [1.54, 1.807) is 0 Å². The van der Waals surface area contributed by atoms with Crippen LogP contribution in [0.4, 0.5) is 0 Å². The largest absolute Gasteiger partial charge is 0.331 e. The number of piperazine rings is 1. The Morgan fingerprint density at radius 1 is 1.32 bits per heavy atom. The molecule has 6 nitrogen and oxygen atoms in total. The summed E-state index contributed by atoms with van der Waals surface area (Å²) >= 11 is 0. The second-order valence-corrected chi connectivity index (χ2v) is 7.63. The number of quaternary nitrogens is 1. The highest BCUT2D eigenvalue weighted by Gasteiger charge is 2.31. The van der Waals surface area contributed by atoms with Crippen molar-refractivity contribution >= 4 is 16.0 Å². The number of likely N-dealkylation sites (N-methyl/N-ethyl adjacent to an activating group) is 1. The Labute approximate surface area is 115 Å². The fourth-order valence-corrected chi connectivity index (χ4v) is 2.91. The van der Waals surface area contributed by atoms with Crippen LogP contribution in [0.25, 0.3) is 0 Å². The van der Waals surface area contributed by atoms with E-state index in [1.165, 1.54) is 0 Å². The molecule has 1 aliphatic rings. The Morgan fingerprint density at radius 2 is 1.84 bits per heavy atom. The normalized spacial score (nSPS) is 19.7. The van der Waals surface area contributed by atoms with E-state index in [1.807, 2.05) is 25.8 Å². The van der Waals surface area contributed by atoms with Gasteiger partial charge in [-0.1, -0.05) is 13.8 Å². The second-order valence-electron chi connectivity index (χ2n) is 6.06. The lowest BCUT2D eigenvalue weighted by atomic mass is 10.1. The van der Waals surface area contributed by atoms with Gasteiger partial charge in [-0.3, -0.25) is 9.35 Å². The number of nitrogens with zero attached hydrogens (tertiary/aromatic N) is 2. The van der Waals surface area contributed by atoms with Crippen LogP contribution in [-0.4, -0.2) is 73.8 Å². The van der Waals surface area contributed by atoms with Crippen LogP contribution in [0.2, 0.25) is 0 Å². The Balaban J connectivity index is 2.45. The van der Waals surface area contributed by atoms with Crippen molar-refractivity contribution in [1.82, 2.24) is 4.90 Å². The summed E-state index contributed by atoms with van der Waals surface area (Å²) in [6.45, 7) is 7.23. The molecule has 1 N–H and O–H groups in total. The zero-order chi connectivity index (χ0) is 14.7. The number of carbonyl (C=O) groups excluding carboxylic acids is 1. The van der Waals surface area contributed by atoms with Crippen molar-refractivity contribution in [2.75, 3.05) is 45.5 Å². The average Bonchev–Trinajstić information content (AvgIpc) is 2.26. The Hall–Kier alpha value is -0.660. The van der Waals surface area contributed by atoms with E-state index in [4.69, 9.17) is 4.55 Å². The van der Waals surface area contributed by atoms with Gasteiger partial charge in [0.15, 0.2) is 0 Å². The second kappa shape index (κ2) is 6.19. The first-order valence-electron chi connectivity index (χ1n) is 6.68. The molecule has 1 aliphatic heterocycles. The first-order valence-corrected chi connectivity index (χ1v) is 8.29. The molecule has 0 atom stereocenters. The van der Waals surface area contributed by atoms with Crippen LogP contribution in [-0.2, 0) is 14.9 Å². The lowest BCUT2D eigenvalue weighted by molar-refractivity contribution is -0.910. The maximum atomic E-state index is 11.9. The molecule has 19 heavy (non-hydrogen) atoms. The fraction of sp³-hybridized carbons (Fsp3) is 0.917. The quantitative estimate of drug-likeness (QED) is 0.581. The van der Waals surface area contributed by atoms with Gasteiger partial charge in [-0.2, -0.15) is 8.42 Å². The van der Waals surface area contributed by atoms with E-state index in [-0.39, 0.29) is 11.7 Å². The number of rotatable bonds is 5. The minimum absolute atomic E-state index is 0.177. The van der Waals surface area contributed by atoms with Gasteiger partial charge in [0.2, 0.25) is 5.91 Å². The summed E-state index contributed by atoms with van der Waals surface area (Å²) in [6.07, 6.45) is 0.564. The monoisotopic (exact) mass is 293 g/mol. The summed E-state index contributed by atoms with van der Waals surface area (Å²) < 4.78 is 31.0. The van der Waals surface area contributed by atoms with Gasteiger partial charge in [-0.25, -0.2) is 0 Å². The van der Waals surface area contributed by atoms with E-state index in [0.29, 0.717) is 36.5 Å². The molecule has 0 unspecified atom stereocenters. The molecule has 0 aromatic carbocycles. The van der Waals surface area contributed by atoms with Crippen LogP contribution >= 0.6 is 0 Å². The molecular formula is C12H25N2O4S+. The van der Waals surface area contributed by atoms with E-state index < -0.39 is 10.1 Å². The number of amides is 1. The molecule has 1 rings (SSSR count). The Morgan fingerprint density at radius 3 is 2.26 bits per heavy atom. The number of hydrogen-bond donors (Lipinski definition) is 1. The summed E-state index contributed by atoms with van der Waals surface area (Å²) in [5.41, 5.74) is 0. The summed E-state index contributed by atoms with van der Waals surface area (Å²) in [7, 11) is -1.94. The molecule has 0 aromatic heterocycles. The third-order valence-corrected chi connectivity index (χ3v) is 4.34. The molecule has 112 valence electrons. The van der Waals surface area contributed by atoms with Crippen LogP contribution in [0.1, 0.15) is 20.3 Å². The van der Waals surface area contributed by atoms with Crippen LogP contribution < -0.4 is 0 Å². The van der Waals surface area contributed by atoms with E-state index in [9.17, 15) is 13.2 Å². The molecule has 0 saturated carbocycles. The lowest BCUT2D eigenvalue weighted by Crippen LogP contribution is -2.59. The zero-order valence-electron chi connectivity index (χ0n) is 12.0. The Kier molecular flexibility index (Phi) is 5.34. The zero-order valence-corrected chi connectivity index (χ0v) is 12.8. The van der Waals surface area contributed by atoms with Gasteiger partial charge in [0.05, 0.1) is 39.8 Å². The molecule has 0 spiro atoms. The molecule has 0 aliphatic carbocycles. The molecule has 1 fully saturated rings. The van der Waals surface area contributed by atoms with Crippen LogP contribution in [0.3, 0.4) is 0 Å². The SMILES string of the molecule is CC(C)CC(=O)N1CC[N+](C)(CCS(=O)(=O)O)CC1. The van der Waals surface area contributed by atoms with Crippen LogP contribution in [0, 0.1) is 5.92 Å². The summed E-state index contributed by atoms with van der Waals surface area (Å²) in [5, 5.41) is 0. The molecule has 0 bridgehead atoms. The summed E-state index contributed by atoms with van der Waals surface area (Å²) in [6, 6.07) is 0. The molecule has 0 aromatic rings. The predicted octanol–water partition coefficient (Wildman–Crippen LogP) is 0.209. The van der Waals surface area contributed by atoms with Crippen LogP contribution in [0.15, 0.2) is 0 Å². The van der Waals surface area contributed by atoms with Gasteiger partial charge in [0.25, 0.3) is 10.1 Å². The van der Waals surface area contributed by atoms with Crippen molar-refractivity contribution in [3.8, 4) is 0 Å². The highest BCUT2D eigenvalue weighted by Crippen LogP contribution is 2.13. The minimum atomic E-state index is -3.90. The van der Waals surface area contributed by atoms with Gasteiger partial charge >= 0.3 is 0 Å². The highest BCUT2D eigenvalue weighted by atomic mass is 32.2. The molecule has 1 saturated heterocycles. The van der Waals surface area contributed by atoms with Crippen molar-refractivity contribution in [2.45, 2.75) is 20.3 Å². The van der Waals surface area contributed by atoms with E-state index in [0.717, 1.165) is 13.1 Å². The van der Waals surface area contributed by atoms with Gasteiger partial charge in [0, 0.05) is 6.42 Å². The van der Waals surface area contributed by atoms with Gasteiger partial charge in [0.1, 0.15) is 5.75 Å². The van der Waals surface area contributed by atoms with E-state index >= 15 is 0 Å². The molecule has 0 radical (unpaired) electrons. The van der Waals surface area contributed by atoms with Gasteiger partial charge < -0.3 is 9.38 Å². The van der Waals surface area contributed by atoms with Crippen molar-refractivity contribution in [2.24, 2.45) is 5.92 Å². The Bertz CT molecular complexity index is 411. The molecular weight excluding hydrogens is 268 g/mol. The highest BCUT2D eigenvalue weighted by molar-refractivity contribution is 7.85. The molecule has 7 heteroatoms. The smallest absolute Gasteiger partial charge is 0.270 e. The van der Waals surface area contributed by atoms with Gasteiger partial charge in [-0.15, -0.1) is 0 Å². The maximum absolute atomic E-state index is 11.9. The number of hydrogen-bond acceptors (Lipinski definition) is 3. The van der Waals surface area contributed by atoms with Crippen molar-refractivity contribution < 1.29 is 22.2 Å². The fourth-order valence-electron chi connectivity index (χ4n) is 2.23. The molecule has 1 amide bonds. The van der Waals surface area contributed by atoms with Crippen LogP contribution in [0.5, 0.6) is 0 Å².